The average molecular weight is 229 g/mol. The van der Waals surface area contributed by atoms with E-state index in [2.05, 4.69) is 26.1 Å². The number of halogens is 1. The first-order valence-electron chi connectivity index (χ1n) is 3.96. The minimum atomic E-state index is 0.616. The first-order chi connectivity index (χ1) is 5.84. The normalized spacial score (nSPS) is 16.1. The van der Waals surface area contributed by atoms with Gasteiger partial charge >= 0.3 is 0 Å². The smallest absolute Gasteiger partial charge is 0.233 e. The molecule has 1 saturated carbocycles. The molecule has 0 saturated heterocycles. The van der Waals surface area contributed by atoms with Crippen molar-refractivity contribution in [3.05, 3.63) is 16.7 Å². The van der Waals surface area contributed by atoms with Crippen LogP contribution in [-0.4, -0.2) is 16.8 Å². The molecular formula is C8H9BrN2O. The van der Waals surface area contributed by atoms with E-state index in [-0.39, 0.29) is 0 Å². The SMILES string of the molecule is Brc1ccc(OCC2CC2)nn1. The maximum Gasteiger partial charge on any atom is 0.233 e. The zero-order valence-corrected chi connectivity index (χ0v) is 8.12. The molecular weight excluding hydrogens is 220 g/mol. The molecule has 12 heavy (non-hydrogen) atoms. The minimum absolute atomic E-state index is 0.616. The Morgan fingerprint density at radius 1 is 1.42 bits per heavy atom. The monoisotopic (exact) mass is 228 g/mol. The van der Waals surface area contributed by atoms with Crippen molar-refractivity contribution in [3.8, 4) is 5.88 Å². The van der Waals surface area contributed by atoms with E-state index in [1.165, 1.54) is 12.8 Å². The molecule has 1 heterocycles. The summed E-state index contributed by atoms with van der Waals surface area (Å²) in [6.07, 6.45) is 2.59. The van der Waals surface area contributed by atoms with Gasteiger partial charge in [-0.1, -0.05) is 0 Å². The van der Waals surface area contributed by atoms with E-state index in [1.807, 2.05) is 12.1 Å². The summed E-state index contributed by atoms with van der Waals surface area (Å²) < 4.78 is 6.13. The Kier molecular flexibility index (Phi) is 2.26. The Hall–Kier alpha value is -0.640. The maximum atomic E-state index is 5.39. The van der Waals surface area contributed by atoms with Gasteiger partial charge in [0, 0.05) is 6.07 Å². The van der Waals surface area contributed by atoms with Gasteiger partial charge in [0.25, 0.3) is 0 Å². The van der Waals surface area contributed by atoms with Gasteiger partial charge in [-0.25, -0.2) is 0 Å². The summed E-state index contributed by atoms with van der Waals surface area (Å²) in [5.41, 5.74) is 0. The third kappa shape index (κ3) is 2.17. The number of hydrogen-bond donors (Lipinski definition) is 0. The standard InChI is InChI=1S/C8H9BrN2O/c9-7-3-4-8(11-10-7)12-5-6-1-2-6/h3-4,6H,1-2,5H2. The lowest BCUT2D eigenvalue weighted by Gasteiger charge is -2.01. The average Bonchev–Trinajstić information content (AvgIpc) is 2.87. The molecule has 1 fully saturated rings. The maximum absolute atomic E-state index is 5.39. The molecule has 0 atom stereocenters. The summed E-state index contributed by atoms with van der Waals surface area (Å²) in [7, 11) is 0. The Labute approximate surface area is 79.3 Å². The van der Waals surface area contributed by atoms with Gasteiger partial charge in [-0.05, 0) is 40.8 Å². The van der Waals surface area contributed by atoms with Crippen LogP contribution in [0.4, 0.5) is 0 Å². The highest BCUT2D eigenvalue weighted by Gasteiger charge is 2.22. The van der Waals surface area contributed by atoms with Crippen molar-refractivity contribution >= 4 is 15.9 Å². The van der Waals surface area contributed by atoms with Crippen LogP contribution in [0.1, 0.15) is 12.8 Å². The van der Waals surface area contributed by atoms with E-state index in [0.717, 1.165) is 17.1 Å². The minimum Gasteiger partial charge on any atom is -0.476 e. The van der Waals surface area contributed by atoms with Crippen LogP contribution in [0, 0.1) is 5.92 Å². The summed E-state index contributed by atoms with van der Waals surface area (Å²) in [6, 6.07) is 3.65. The molecule has 1 aliphatic rings. The summed E-state index contributed by atoms with van der Waals surface area (Å²) in [6.45, 7) is 0.788. The molecule has 0 aromatic carbocycles. The van der Waals surface area contributed by atoms with Crippen LogP contribution >= 0.6 is 15.9 Å². The molecule has 4 heteroatoms. The predicted molar refractivity (Wildman–Crippen MR) is 48.0 cm³/mol. The fourth-order valence-electron chi connectivity index (χ4n) is 0.868. The Morgan fingerprint density at radius 2 is 2.25 bits per heavy atom. The molecule has 1 aliphatic carbocycles. The van der Waals surface area contributed by atoms with Crippen molar-refractivity contribution in [1.82, 2.24) is 10.2 Å². The van der Waals surface area contributed by atoms with Crippen LogP contribution in [0.25, 0.3) is 0 Å². The molecule has 1 aromatic rings. The highest BCUT2D eigenvalue weighted by Crippen LogP contribution is 2.29. The third-order valence-electron chi connectivity index (χ3n) is 1.77. The lowest BCUT2D eigenvalue weighted by atomic mass is 10.5. The topological polar surface area (TPSA) is 35.0 Å². The summed E-state index contributed by atoms with van der Waals surface area (Å²) in [4.78, 5) is 0. The highest BCUT2D eigenvalue weighted by molar-refractivity contribution is 9.10. The Bertz CT molecular complexity index is 258. The number of aromatic nitrogens is 2. The second-order valence-electron chi connectivity index (χ2n) is 2.95. The first kappa shape index (κ1) is 7.98. The van der Waals surface area contributed by atoms with Crippen molar-refractivity contribution in [2.45, 2.75) is 12.8 Å². The van der Waals surface area contributed by atoms with Gasteiger partial charge in [-0.3, -0.25) is 0 Å². The zero-order valence-electron chi connectivity index (χ0n) is 6.53. The van der Waals surface area contributed by atoms with Crippen molar-refractivity contribution in [2.24, 2.45) is 5.92 Å². The fraction of sp³-hybridized carbons (Fsp3) is 0.500. The molecule has 1 aromatic heterocycles. The quantitative estimate of drug-likeness (QED) is 0.795. The number of rotatable bonds is 3. The van der Waals surface area contributed by atoms with Crippen molar-refractivity contribution < 1.29 is 4.74 Å². The van der Waals surface area contributed by atoms with Crippen molar-refractivity contribution in [3.63, 3.8) is 0 Å². The van der Waals surface area contributed by atoms with Gasteiger partial charge in [-0.2, -0.15) is 0 Å². The highest BCUT2D eigenvalue weighted by atomic mass is 79.9. The van der Waals surface area contributed by atoms with E-state index < -0.39 is 0 Å². The van der Waals surface area contributed by atoms with Gasteiger partial charge in [0.15, 0.2) is 0 Å². The van der Waals surface area contributed by atoms with Crippen molar-refractivity contribution in [1.29, 1.82) is 0 Å². The molecule has 3 nitrogen and oxygen atoms in total. The van der Waals surface area contributed by atoms with E-state index >= 15 is 0 Å². The van der Waals surface area contributed by atoms with Gasteiger partial charge in [0.2, 0.25) is 5.88 Å². The summed E-state index contributed by atoms with van der Waals surface area (Å²) in [5.74, 6) is 1.38. The van der Waals surface area contributed by atoms with Gasteiger partial charge in [0.05, 0.1) is 6.61 Å². The lowest BCUT2D eigenvalue weighted by molar-refractivity contribution is 0.285. The van der Waals surface area contributed by atoms with E-state index in [1.54, 1.807) is 0 Å². The van der Waals surface area contributed by atoms with Crippen LogP contribution in [0.5, 0.6) is 5.88 Å². The summed E-state index contributed by atoms with van der Waals surface area (Å²) in [5, 5.41) is 7.68. The fourth-order valence-corrected chi connectivity index (χ4v) is 1.08. The van der Waals surface area contributed by atoms with Crippen LogP contribution in [0.3, 0.4) is 0 Å². The van der Waals surface area contributed by atoms with Crippen molar-refractivity contribution in [2.75, 3.05) is 6.61 Å². The third-order valence-corrected chi connectivity index (χ3v) is 2.19. The number of ether oxygens (including phenoxy) is 1. The molecule has 0 amide bonds. The Morgan fingerprint density at radius 3 is 2.83 bits per heavy atom. The number of hydrogen-bond acceptors (Lipinski definition) is 3. The second-order valence-corrected chi connectivity index (χ2v) is 3.76. The van der Waals surface area contributed by atoms with Crippen LogP contribution in [0.2, 0.25) is 0 Å². The largest absolute Gasteiger partial charge is 0.476 e. The number of nitrogens with zero attached hydrogens (tertiary/aromatic N) is 2. The zero-order chi connectivity index (χ0) is 8.39. The van der Waals surface area contributed by atoms with Crippen LogP contribution in [0.15, 0.2) is 16.7 Å². The molecule has 0 bridgehead atoms. The predicted octanol–water partition coefficient (Wildman–Crippen LogP) is 2.03. The van der Waals surface area contributed by atoms with Crippen LogP contribution < -0.4 is 4.74 Å². The molecule has 64 valence electrons. The molecule has 0 spiro atoms. The van der Waals surface area contributed by atoms with E-state index in [0.29, 0.717) is 5.88 Å². The molecule has 0 N–H and O–H groups in total. The molecule has 0 unspecified atom stereocenters. The molecule has 0 aliphatic heterocycles. The second kappa shape index (κ2) is 3.39. The van der Waals surface area contributed by atoms with Gasteiger partial charge in [0.1, 0.15) is 4.60 Å². The van der Waals surface area contributed by atoms with Gasteiger partial charge in [-0.15, -0.1) is 10.2 Å². The molecule has 0 radical (unpaired) electrons. The first-order valence-corrected chi connectivity index (χ1v) is 4.76. The molecule has 2 rings (SSSR count). The van der Waals surface area contributed by atoms with Crippen LogP contribution in [-0.2, 0) is 0 Å². The van der Waals surface area contributed by atoms with Gasteiger partial charge < -0.3 is 4.74 Å². The lowest BCUT2D eigenvalue weighted by Crippen LogP contribution is -2.01. The van der Waals surface area contributed by atoms with E-state index in [4.69, 9.17) is 4.74 Å². The Balaban J connectivity index is 1.89. The summed E-state index contributed by atoms with van der Waals surface area (Å²) >= 11 is 3.21. The van der Waals surface area contributed by atoms with E-state index in [9.17, 15) is 0 Å².